The molecule has 0 saturated carbocycles. The second-order valence-corrected chi connectivity index (χ2v) is 2.59. The highest BCUT2D eigenvalue weighted by Gasteiger charge is 2.12. The van der Waals surface area contributed by atoms with E-state index in [0.717, 1.165) is 17.1 Å². The summed E-state index contributed by atoms with van der Waals surface area (Å²) in [4.78, 5) is 0. The molecule has 0 unspecified atom stereocenters. The Morgan fingerprint density at radius 2 is 1.92 bits per heavy atom. The van der Waals surface area contributed by atoms with E-state index in [2.05, 4.69) is 0 Å². The molecule has 0 bridgehead atoms. The molecule has 0 N–H and O–H groups in total. The number of hydrogen-bond acceptors (Lipinski definition) is 2. The Morgan fingerprint density at radius 1 is 1.23 bits per heavy atom. The van der Waals surface area contributed by atoms with Crippen molar-refractivity contribution in [1.82, 2.24) is 0 Å². The fourth-order valence-corrected chi connectivity index (χ4v) is 1.19. The molecule has 1 aliphatic heterocycles. The lowest BCUT2D eigenvalue weighted by molar-refractivity contribution is 0.174. The standard InChI is InChI=1S/C8H7ClO2.C2H6/c9-4-6-1-2-7-8(3-6)11-5-10-7;1-2/h1-3H,4-5H2;1-2H3. The summed E-state index contributed by atoms with van der Waals surface area (Å²) < 4.78 is 10.3. The first-order valence-electron chi connectivity index (χ1n) is 4.34. The maximum absolute atomic E-state index is 5.63. The van der Waals surface area contributed by atoms with Gasteiger partial charge in [-0.05, 0) is 17.7 Å². The molecule has 2 nitrogen and oxygen atoms in total. The number of hydrogen-bond donors (Lipinski definition) is 0. The highest BCUT2D eigenvalue weighted by Crippen LogP contribution is 2.32. The molecule has 3 heteroatoms. The highest BCUT2D eigenvalue weighted by atomic mass is 35.5. The lowest BCUT2D eigenvalue weighted by atomic mass is 10.2. The van der Waals surface area contributed by atoms with E-state index < -0.39 is 0 Å². The van der Waals surface area contributed by atoms with Crippen molar-refractivity contribution in [3.05, 3.63) is 23.8 Å². The zero-order valence-electron chi connectivity index (χ0n) is 7.84. The smallest absolute Gasteiger partial charge is 0.231 e. The van der Waals surface area contributed by atoms with Gasteiger partial charge in [-0.25, -0.2) is 0 Å². The quantitative estimate of drug-likeness (QED) is 0.649. The second-order valence-electron chi connectivity index (χ2n) is 2.32. The van der Waals surface area contributed by atoms with Crippen molar-refractivity contribution in [1.29, 1.82) is 0 Å². The van der Waals surface area contributed by atoms with Crippen molar-refractivity contribution in [3.63, 3.8) is 0 Å². The van der Waals surface area contributed by atoms with Crippen LogP contribution in [0.3, 0.4) is 0 Å². The van der Waals surface area contributed by atoms with Crippen LogP contribution in [0.2, 0.25) is 0 Å². The lowest BCUT2D eigenvalue weighted by Crippen LogP contribution is -1.92. The van der Waals surface area contributed by atoms with Crippen LogP contribution in [0.25, 0.3) is 0 Å². The number of halogens is 1. The Labute approximate surface area is 83.4 Å². The normalized spacial score (nSPS) is 11.9. The average molecular weight is 201 g/mol. The molecule has 0 spiro atoms. The van der Waals surface area contributed by atoms with Crippen LogP contribution in [0.15, 0.2) is 18.2 Å². The maximum Gasteiger partial charge on any atom is 0.231 e. The Kier molecular flexibility index (Phi) is 3.90. The summed E-state index contributed by atoms with van der Waals surface area (Å²) in [5, 5.41) is 0. The van der Waals surface area contributed by atoms with Gasteiger partial charge in [-0.2, -0.15) is 0 Å². The molecule has 0 radical (unpaired) electrons. The van der Waals surface area contributed by atoms with Gasteiger partial charge >= 0.3 is 0 Å². The highest BCUT2D eigenvalue weighted by molar-refractivity contribution is 6.17. The molecule has 0 saturated heterocycles. The van der Waals surface area contributed by atoms with Gasteiger partial charge in [-0.3, -0.25) is 0 Å². The van der Waals surface area contributed by atoms with E-state index in [-0.39, 0.29) is 0 Å². The van der Waals surface area contributed by atoms with Crippen LogP contribution >= 0.6 is 11.6 Å². The summed E-state index contributed by atoms with van der Waals surface area (Å²) in [7, 11) is 0. The SMILES string of the molecule is CC.ClCc1ccc2c(c1)OCO2. The zero-order chi connectivity index (χ0) is 9.68. The third-order valence-electron chi connectivity index (χ3n) is 1.59. The monoisotopic (exact) mass is 200 g/mol. The molecule has 1 aromatic carbocycles. The van der Waals surface area contributed by atoms with Crippen molar-refractivity contribution in [2.24, 2.45) is 0 Å². The van der Waals surface area contributed by atoms with Crippen LogP contribution < -0.4 is 9.47 Å². The minimum absolute atomic E-state index is 0.321. The first-order valence-corrected chi connectivity index (χ1v) is 4.88. The first-order chi connectivity index (χ1) is 6.40. The van der Waals surface area contributed by atoms with E-state index in [9.17, 15) is 0 Å². The van der Waals surface area contributed by atoms with E-state index in [1.165, 1.54) is 0 Å². The van der Waals surface area contributed by atoms with Crippen molar-refractivity contribution >= 4 is 11.6 Å². The van der Waals surface area contributed by atoms with Crippen LogP contribution in [-0.2, 0) is 5.88 Å². The summed E-state index contributed by atoms with van der Waals surface area (Å²) in [6, 6.07) is 5.70. The van der Waals surface area contributed by atoms with Gasteiger partial charge in [0, 0.05) is 5.88 Å². The fraction of sp³-hybridized carbons (Fsp3) is 0.400. The van der Waals surface area contributed by atoms with Gasteiger partial charge in [0.15, 0.2) is 11.5 Å². The summed E-state index contributed by atoms with van der Waals surface area (Å²) in [6.45, 7) is 4.32. The molecule has 1 aromatic rings. The Bertz CT molecular complexity index is 274. The molecule has 1 heterocycles. The van der Waals surface area contributed by atoms with Gasteiger partial charge in [0.2, 0.25) is 6.79 Å². The number of alkyl halides is 1. The van der Waals surface area contributed by atoms with Crippen LogP contribution in [0.4, 0.5) is 0 Å². The molecule has 0 aliphatic carbocycles. The van der Waals surface area contributed by atoms with Crippen LogP contribution in [0.5, 0.6) is 11.5 Å². The summed E-state index contributed by atoms with van der Waals surface area (Å²) in [5.41, 5.74) is 1.05. The van der Waals surface area contributed by atoms with Gasteiger partial charge in [-0.15, -0.1) is 11.6 Å². The van der Waals surface area contributed by atoms with Crippen molar-refractivity contribution in [2.45, 2.75) is 19.7 Å². The number of fused-ring (bicyclic) bond motifs is 1. The Morgan fingerprint density at radius 3 is 2.62 bits per heavy atom. The van der Waals surface area contributed by atoms with Crippen LogP contribution in [0, 0.1) is 0 Å². The van der Waals surface area contributed by atoms with E-state index in [4.69, 9.17) is 21.1 Å². The Hall–Kier alpha value is -0.890. The largest absolute Gasteiger partial charge is 0.454 e. The van der Waals surface area contributed by atoms with E-state index in [0.29, 0.717) is 12.7 Å². The van der Waals surface area contributed by atoms with Crippen LogP contribution in [-0.4, -0.2) is 6.79 Å². The number of rotatable bonds is 1. The third-order valence-corrected chi connectivity index (χ3v) is 1.90. The first kappa shape index (κ1) is 10.2. The molecule has 1 aliphatic rings. The van der Waals surface area contributed by atoms with Gasteiger partial charge in [-0.1, -0.05) is 19.9 Å². The minimum atomic E-state index is 0.321. The average Bonchev–Trinajstić information content (AvgIpc) is 2.67. The van der Waals surface area contributed by atoms with Gasteiger partial charge in [0.25, 0.3) is 0 Å². The van der Waals surface area contributed by atoms with Gasteiger partial charge in [0.05, 0.1) is 0 Å². The van der Waals surface area contributed by atoms with Crippen molar-refractivity contribution < 1.29 is 9.47 Å². The van der Waals surface area contributed by atoms with E-state index in [1.54, 1.807) is 0 Å². The third kappa shape index (κ3) is 2.28. The van der Waals surface area contributed by atoms with E-state index >= 15 is 0 Å². The maximum atomic E-state index is 5.63. The molecule has 0 amide bonds. The molecule has 0 aromatic heterocycles. The summed E-state index contributed by atoms with van der Waals surface area (Å²) in [5.74, 6) is 2.11. The predicted octanol–water partition coefficient (Wildman–Crippen LogP) is 3.18. The minimum Gasteiger partial charge on any atom is -0.454 e. The molecule has 0 fully saturated rings. The summed E-state index contributed by atoms with van der Waals surface area (Å²) >= 11 is 5.63. The van der Waals surface area contributed by atoms with Gasteiger partial charge < -0.3 is 9.47 Å². The fourth-order valence-electron chi connectivity index (χ4n) is 1.02. The molecule has 13 heavy (non-hydrogen) atoms. The van der Waals surface area contributed by atoms with Crippen molar-refractivity contribution in [2.75, 3.05) is 6.79 Å². The number of ether oxygens (including phenoxy) is 2. The molecular weight excluding hydrogens is 188 g/mol. The van der Waals surface area contributed by atoms with Crippen LogP contribution in [0.1, 0.15) is 19.4 Å². The molecule has 72 valence electrons. The number of benzene rings is 1. The Balaban J connectivity index is 0.000000396. The summed E-state index contributed by atoms with van der Waals surface area (Å²) in [6.07, 6.45) is 0. The second kappa shape index (κ2) is 4.97. The molecule has 0 atom stereocenters. The van der Waals surface area contributed by atoms with Gasteiger partial charge in [0.1, 0.15) is 0 Å². The predicted molar refractivity (Wildman–Crippen MR) is 53.5 cm³/mol. The zero-order valence-corrected chi connectivity index (χ0v) is 8.60. The van der Waals surface area contributed by atoms with E-state index in [1.807, 2.05) is 32.0 Å². The lowest BCUT2D eigenvalue weighted by Gasteiger charge is -1.97. The topological polar surface area (TPSA) is 18.5 Å². The molecule has 2 rings (SSSR count). The van der Waals surface area contributed by atoms with Crippen molar-refractivity contribution in [3.8, 4) is 11.5 Å². The molecular formula is C10H13ClO2.